The third kappa shape index (κ3) is 4.92. The lowest BCUT2D eigenvalue weighted by Gasteiger charge is -2.36. The van der Waals surface area contributed by atoms with Crippen molar-refractivity contribution < 1.29 is 9.47 Å². The van der Waals surface area contributed by atoms with E-state index in [1.54, 1.807) is 14.2 Å². The predicted molar refractivity (Wildman–Crippen MR) is 140 cm³/mol. The number of aryl methyl sites for hydroxylation is 1. The molecule has 4 heteroatoms. The first-order chi connectivity index (χ1) is 16.7. The van der Waals surface area contributed by atoms with Gasteiger partial charge < -0.3 is 19.7 Å². The van der Waals surface area contributed by atoms with Crippen molar-refractivity contribution >= 4 is 5.69 Å². The molecule has 4 nitrogen and oxygen atoms in total. The normalized spacial score (nSPS) is 16.3. The van der Waals surface area contributed by atoms with E-state index in [9.17, 15) is 0 Å². The molecular weight excluding hydrogens is 420 g/mol. The molecule has 5 rings (SSSR count). The third-order valence-corrected chi connectivity index (χ3v) is 7.25. The standard InChI is InChI=1S/C30H36N2O2/c1-21-7-11-26(12-8-21)32(27-13-15-31-16-14-27)20-22-5-4-6-24(17-22)25-18-28(23-9-10-23)30(34-3)29(19-25)33-2/h4-8,11-12,17-19,23,27,31H,9-10,13-16,20H2,1-3H3. The fraction of sp³-hybridized carbons (Fsp3) is 0.400. The zero-order chi connectivity index (χ0) is 23.5. The van der Waals surface area contributed by atoms with Crippen molar-refractivity contribution in [2.24, 2.45) is 0 Å². The Morgan fingerprint density at radius 1 is 0.853 bits per heavy atom. The average molecular weight is 457 g/mol. The van der Waals surface area contributed by atoms with E-state index in [0.29, 0.717) is 12.0 Å². The van der Waals surface area contributed by atoms with Crippen molar-refractivity contribution in [1.29, 1.82) is 0 Å². The van der Waals surface area contributed by atoms with Crippen molar-refractivity contribution in [3.63, 3.8) is 0 Å². The summed E-state index contributed by atoms with van der Waals surface area (Å²) in [5.41, 5.74) is 7.65. The summed E-state index contributed by atoms with van der Waals surface area (Å²) in [6.07, 6.45) is 4.80. The Morgan fingerprint density at radius 2 is 1.62 bits per heavy atom. The Kier molecular flexibility index (Phi) is 6.77. The molecule has 2 aliphatic rings. The monoisotopic (exact) mass is 456 g/mol. The Labute approximate surface area is 203 Å². The number of rotatable bonds is 8. The largest absolute Gasteiger partial charge is 0.493 e. The Hall–Kier alpha value is -2.98. The number of hydrogen-bond acceptors (Lipinski definition) is 4. The number of ether oxygens (including phenoxy) is 2. The summed E-state index contributed by atoms with van der Waals surface area (Å²) < 4.78 is 11.4. The van der Waals surface area contributed by atoms with E-state index in [1.807, 2.05) is 0 Å². The summed E-state index contributed by atoms with van der Waals surface area (Å²) in [7, 11) is 3.47. The molecule has 0 amide bonds. The lowest BCUT2D eigenvalue weighted by atomic mass is 9.97. The minimum atomic E-state index is 0.551. The van der Waals surface area contributed by atoms with Gasteiger partial charge in [0.25, 0.3) is 0 Å². The van der Waals surface area contributed by atoms with E-state index >= 15 is 0 Å². The molecule has 3 aromatic carbocycles. The minimum Gasteiger partial charge on any atom is -0.493 e. The van der Waals surface area contributed by atoms with Crippen LogP contribution in [0.4, 0.5) is 5.69 Å². The van der Waals surface area contributed by atoms with Gasteiger partial charge in [0.2, 0.25) is 0 Å². The van der Waals surface area contributed by atoms with Crippen molar-refractivity contribution in [2.75, 3.05) is 32.2 Å². The topological polar surface area (TPSA) is 33.7 Å². The van der Waals surface area contributed by atoms with Crippen molar-refractivity contribution in [3.05, 3.63) is 77.4 Å². The number of nitrogens with one attached hydrogen (secondary N) is 1. The first-order valence-electron chi connectivity index (χ1n) is 12.6. The molecule has 1 N–H and O–H groups in total. The Balaban J connectivity index is 1.47. The first kappa shape index (κ1) is 22.8. The van der Waals surface area contributed by atoms with Gasteiger partial charge in [-0.2, -0.15) is 0 Å². The number of nitrogens with zero attached hydrogens (tertiary/aromatic N) is 1. The van der Waals surface area contributed by atoms with Crippen LogP contribution in [0.2, 0.25) is 0 Å². The highest BCUT2D eigenvalue weighted by Gasteiger charge is 2.29. The lowest BCUT2D eigenvalue weighted by molar-refractivity contribution is 0.352. The number of hydrogen-bond donors (Lipinski definition) is 1. The fourth-order valence-electron chi connectivity index (χ4n) is 5.19. The molecule has 1 heterocycles. The Bertz CT molecular complexity index is 1120. The van der Waals surface area contributed by atoms with Gasteiger partial charge in [0.05, 0.1) is 14.2 Å². The first-order valence-corrected chi connectivity index (χ1v) is 12.6. The van der Waals surface area contributed by atoms with Gasteiger partial charge in [0, 0.05) is 23.8 Å². The maximum atomic E-state index is 5.72. The molecule has 0 aromatic heterocycles. The van der Waals surface area contributed by atoms with Gasteiger partial charge in [-0.15, -0.1) is 0 Å². The van der Waals surface area contributed by atoms with E-state index in [0.717, 1.165) is 31.1 Å². The van der Waals surface area contributed by atoms with Crippen LogP contribution in [0, 0.1) is 6.92 Å². The van der Waals surface area contributed by atoms with E-state index in [4.69, 9.17) is 9.47 Å². The van der Waals surface area contributed by atoms with Crippen molar-refractivity contribution in [2.45, 2.75) is 51.1 Å². The maximum Gasteiger partial charge on any atom is 0.164 e. The Morgan fingerprint density at radius 3 is 2.29 bits per heavy atom. The molecule has 1 aliphatic heterocycles. The van der Waals surface area contributed by atoms with Crippen LogP contribution < -0.4 is 19.7 Å². The van der Waals surface area contributed by atoms with E-state index < -0.39 is 0 Å². The zero-order valence-corrected chi connectivity index (χ0v) is 20.6. The minimum absolute atomic E-state index is 0.551. The van der Waals surface area contributed by atoms with Crippen LogP contribution >= 0.6 is 0 Å². The van der Waals surface area contributed by atoms with Crippen LogP contribution in [0.5, 0.6) is 11.5 Å². The molecular formula is C30H36N2O2. The zero-order valence-electron chi connectivity index (χ0n) is 20.6. The SMILES string of the molecule is COc1cc(-c2cccc(CN(c3ccc(C)cc3)C3CCNCC3)c2)cc(C2CC2)c1OC. The summed E-state index contributed by atoms with van der Waals surface area (Å²) in [6, 6.07) is 23.0. The number of methoxy groups -OCH3 is 2. The average Bonchev–Trinajstić information content (AvgIpc) is 3.73. The highest BCUT2D eigenvalue weighted by atomic mass is 16.5. The van der Waals surface area contributed by atoms with Gasteiger partial charge in [-0.25, -0.2) is 0 Å². The number of piperidine rings is 1. The van der Waals surface area contributed by atoms with Gasteiger partial charge in [0.15, 0.2) is 11.5 Å². The third-order valence-electron chi connectivity index (χ3n) is 7.25. The molecule has 0 unspecified atom stereocenters. The summed E-state index contributed by atoms with van der Waals surface area (Å²) in [5.74, 6) is 2.30. The van der Waals surface area contributed by atoms with Crippen LogP contribution in [-0.4, -0.2) is 33.4 Å². The van der Waals surface area contributed by atoms with Gasteiger partial charge in [-0.3, -0.25) is 0 Å². The van der Waals surface area contributed by atoms with Crippen LogP contribution in [0.3, 0.4) is 0 Å². The lowest BCUT2D eigenvalue weighted by Crippen LogP contribution is -2.43. The molecule has 34 heavy (non-hydrogen) atoms. The molecule has 178 valence electrons. The van der Waals surface area contributed by atoms with Crippen LogP contribution in [-0.2, 0) is 6.54 Å². The van der Waals surface area contributed by atoms with Crippen LogP contribution in [0.15, 0.2) is 60.7 Å². The molecule has 0 spiro atoms. The molecule has 1 aliphatic carbocycles. The smallest absolute Gasteiger partial charge is 0.164 e. The quantitative estimate of drug-likeness (QED) is 0.430. The van der Waals surface area contributed by atoms with E-state index in [-0.39, 0.29) is 0 Å². The second-order valence-electron chi connectivity index (χ2n) is 9.72. The van der Waals surface area contributed by atoms with Crippen molar-refractivity contribution in [1.82, 2.24) is 5.32 Å². The summed E-state index contributed by atoms with van der Waals surface area (Å²) in [6.45, 7) is 5.23. The molecule has 0 atom stereocenters. The molecule has 2 fully saturated rings. The van der Waals surface area contributed by atoms with Crippen molar-refractivity contribution in [3.8, 4) is 22.6 Å². The molecule has 0 bridgehead atoms. The molecule has 0 radical (unpaired) electrons. The van der Waals surface area contributed by atoms with Gasteiger partial charge in [-0.05, 0) is 98.6 Å². The van der Waals surface area contributed by atoms with Crippen LogP contribution in [0.1, 0.15) is 48.3 Å². The van der Waals surface area contributed by atoms with Gasteiger partial charge in [-0.1, -0.05) is 35.9 Å². The molecule has 1 saturated carbocycles. The second kappa shape index (κ2) is 10.1. The van der Waals surface area contributed by atoms with Gasteiger partial charge >= 0.3 is 0 Å². The van der Waals surface area contributed by atoms with Gasteiger partial charge in [0.1, 0.15) is 0 Å². The number of benzene rings is 3. The highest BCUT2D eigenvalue weighted by Crippen LogP contribution is 2.49. The summed E-state index contributed by atoms with van der Waals surface area (Å²) >= 11 is 0. The molecule has 3 aromatic rings. The summed E-state index contributed by atoms with van der Waals surface area (Å²) in [5, 5.41) is 3.52. The predicted octanol–water partition coefficient (Wildman–Crippen LogP) is 6.32. The van der Waals surface area contributed by atoms with E-state index in [1.165, 1.54) is 59.2 Å². The second-order valence-corrected chi connectivity index (χ2v) is 9.72. The fourth-order valence-corrected chi connectivity index (χ4v) is 5.19. The highest BCUT2D eigenvalue weighted by molar-refractivity contribution is 5.70. The molecule has 1 saturated heterocycles. The number of anilines is 1. The van der Waals surface area contributed by atoms with E-state index in [2.05, 4.69) is 77.8 Å². The summed E-state index contributed by atoms with van der Waals surface area (Å²) in [4.78, 5) is 2.60. The maximum absolute atomic E-state index is 5.72. The van der Waals surface area contributed by atoms with Crippen LogP contribution in [0.25, 0.3) is 11.1 Å².